The van der Waals surface area contributed by atoms with E-state index < -0.39 is 0 Å². The van der Waals surface area contributed by atoms with E-state index in [1.165, 1.54) is 0 Å². The number of rotatable bonds is 3. The highest BCUT2D eigenvalue weighted by Crippen LogP contribution is 2.18. The summed E-state index contributed by atoms with van der Waals surface area (Å²) in [5.41, 5.74) is 0.818. The summed E-state index contributed by atoms with van der Waals surface area (Å²) in [6.45, 7) is 3.79. The van der Waals surface area contributed by atoms with Gasteiger partial charge in [0, 0.05) is 18.0 Å². The van der Waals surface area contributed by atoms with Gasteiger partial charge in [0.05, 0.1) is 6.10 Å². The second-order valence-electron chi connectivity index (χ2n) is 3.61. The molecular formula is C11H11ClN4O. The van der Waals surface area contributed by atoms with Gasteiger partial charge < -0.3 is 4.74 Å². The van der Waals surface area contributed by atoms with Gasteiger partial charge in [-0.05, 0) is 37.6 Å². The second-order valence-corrected chi connectivity index (χ2v) is 3.95. The fourth-order valence-corrected chi connectivity index (χ4v) is 1.38. The number of pyridine rings is 1. The molecule has 0 aliphatic rings. The quantitative estimate of drug-likeness (QED) is 0.837. The Morgan fingerprint density at radius 2 is 1.82 bits per heavy atom. The molecule has 0 unspecified atom stereocenters. The minimum atomic E-state index is -0.0150. The summed E-state index contributed by atoms with van der Waals surface area (Å²) < 4.78 is 5.39. The molecule has 2 heterocycles. The topological polar surface area (TPSA) is 60.8 Å². The van der Waals surface area contributed by atoms with Crippen LogP contribution in [-0.2, 0) is 0 Å². The third-order valence-electron chi connectivity index (χ3n) is 1.87. The minimum absolute atomic E-state index is 0.0150. The van der Waals surface area contributed by atoms with Crippen LogP contribution >= 0.6 is 11.6 Å². The summed E-state index contributed by atoms with van der Waals surface area (Å²) in [6, 6.07) is 3.82. The molecule has 0 spiro atoms. The van der Waals surface area contributed by atoms with E-state index in [1.807, 2.05) is 13.8 Å². The maximum atomic E-state index is 5.83. The Bertz CT molecular complexity index is 504. The van der Waals surface area contributed by atoms with Gasteiger partial charge in [-0.3, -0.25) is 4.98 Å². The minimum Gasteiger partial charge on any atom is -0.461 e. The molecule has 0 atom stereocenters. The van der Waals surface area contributed by atoms with E-state index in [4.69, 9.17) is 16.3 Å². The van der Waals surface area contributed by atoms with E-state index in [1.54, 1.807) is 24.5 Å². The normalized spacial score (nSPS) is 10.6. The molecule has 0 aliphatic heterocycles. The van der Waals surface area contributed by atoms with Gasteiger partial charge in [-0.2, -0.15) is 15.0 Å². The zero-order valence-corrected chi connectivity index (χ0v) is 10.2. The van der Waals surface area contributed by atoms with Gasteiger partial charge in [-0.15, -0.1) is 0 Å². The zero-order valence-electron chi connectivity index (χ0n) is 9.46. The van der Waals surface area contributed by atoms with Gasteiger partial charge in [-0.1, -0.05) is 0 Å². The van der Waals surface area contributed by atoms with E-state index in [-0.39, 0.29) is 17.4 Å². The summed E-state index contributed by atoms with van der Waals surface area (Å²) >= 11 is 5.83. The molecule has 0 aliphatic carbocycles. The monoisotopic (exact) mass is 250 g/mol. The highest BCUT2D eigenvalue weighted by Gasteiger charge is 2.09. The smallest absolute Gasteiger partial charge is 0.321 e. The van der Waals surface area contributed by atoms with Crippen LogP contribution in [0.1, 0.15) is 13.8 Å². The highest BCUT2D eigenvalue weighted by molar-refractivity contribution is 6.28. The molecular weight excluding hydrogens is 240 g/mol. The average Bonchev–Trinajstić information content (AvgIpc) is 2.28. The maximum absolute atomic E-state index is 5.83. The SMILES string of the molecule is CC(C)Oc1nc(Cl)nc(-c2ccncc2)n1. The number of nitrogens with zero attached hydrogens (tertiary/aromatic N) is 4. The fraction of sp³-hybridized carbons (Fsp3) is 0.273. The molecule has 0 radical (unpaired) electrons. The molecule has 0 N–H and O–H groups in total. The fourth-order valence-electron chi connectivity index (χ4n) is 1.23. The van der Waals surface area contributed by atoms with Crippen molar-refractivity contribution in [3.63, 3.8) is 0 Å². The van der Waals surface area contributed by atoms with Crippen molar-refractivity contribution in [2.45, 2.75) is 20.0 Å². The molecule has 0 saturated carbocycles. The van der Waals surface area contributed by atoms with Crippen molar-refractivity contribution < 1.29 is 4.74 Å². The van der Waals surface area contributed by atoms with Gasteiger partial charge in [0.1, 0.15) is 0 Å². The molecule has 88 valence electrons. The standard InChI is InChI=1S/C11H11ClN4O/c1-7(2)17-11-15-9(14-10(12)16-11)8-3-5-13-6-4-8/h3-7H,1-2H3. The van der Waals surface area contributed by atoms with Crippen LogP contribution in [0.4, 0.5) is 0 Å². The van der Waals surface area contributed by atoms with Crippen LogP contribution in [0.25, 0.3) is 11.4 Å². The summed E-state index contributed by atoms with van der Waals surface area (Å²) in [5, 5.41) is 0.113. The summed E-state index contributed by atoms with van der Waals surface area (Å²) in [5.74, 6) is 0.475. The zero-order chi connectivity index (χ0) is 12.3. The van der Waals surface area contributed by atoms with E-state index in [9.17, 15) is 0 Å². The van der Waals surface area contributed by atoms with Crippen molar-refractivity contribution in [2.24, 2.45) is 0 Å². The first-order chi connectivity index (χ1) is 8.15. The van der Waals surface area contributed by atoms with Crippen molar-refractivity contribution in [1.82, 2.24) is 19.9 Å². The number of hydrogen-bond donors (Lipinski definition) is 0. The van der Waals surface area contributed by atoms with Crippen LogP contribution in [-0.4, -0.2) is 26.0 Å². The van der Waals surface area contributed by atoms with Crippen LogP contribution in [0.3, 0.4) is 0 Å². The Hall–Kier alpha value is -1.75. The molecule has 2 aromatic heterocycles. The molecule has 0 saturated heterocycles. The first-order valence-corrected chi connectivity index (χ1v) is 5.51. The van der Waals surface area contributed by atoms with Gasteiger partial charge in [-0.25, -0.2) is 0 Å². The third-order valence-corrected chi connectivity index (χ3v) is 2.04. The van der Waals surface area contributed by atoms with E-state index in [2.05, 4.69) is 19.9 Å². The largest absolute Gasteiger partial charge is 0.461 e. The Morgan fingerprint density at radius 3 is 2.47 bits per heavy atom. The van der Waals surface area contributed by atoms with Crippen molar-refractivity contribution in [2.75, 3.05) is 0 Å². The van der Waals surface area contributed by atoms with Crippen LogP contribution in [0.15, 0.2) is 24.5 Å². The number of halogens is 1. The van der Waals surface area contributed by atoms with E-state index in [0.717, 1.165) is 5.56 Å². The lowest BCUT2D eigenvalue weighted by Gasteiger charge is -2.08. The van der Waals surface area contributed by atoms with Gasteiger partial charge >= 0.3 is 6.01 Å². The summed E-state index contributed by atoms with van der Waals surface area (Å²) in [6.07, 6.45) is 3.31. The van der Waals surface area contributed by atoms with Crippen LogP contribution in [0, 0.1) is 0 Å². The van der Waals surface area contributed by atoms with Crippen molar-refractivity contribution >= 4 is 11.6 Å². The van der Waals surface area contributed by atoms with Gasteiger partial charge in [0.15, 0.2) is 5.82 Å². The molecule has 0 aromatic carbocycles. The van der Waals surface area contributed by atoms with Crippen molar-refractivity contribution in [3.05, 3.63) is 29.8 Å². The predicted octanol–water partition coefficient (Wildman–Crippen LogP) is 2.37. The number of aromatic nitrogens is 4. The van der Waals surface area contributed by atoms with Gasteiger partial charge in [0.2, 0.25) is 5.28 Å². The molecule has 6 heteroatoms. The molecule has 5 nitrogen and oxygen atoms in total. The van der Waals surface area contributed by atoms with E-state index >= 15 is 0 Å². The number of hydrogen-bond acceptors (Lipinski definition) is 5. The van der Waals surface area contributed by atoms with Crippen LogP contribution < -0.4 is 4.74 Å². The Labute approximate surface area is 104 Å². The van der Waals surface area contributed by atoms with Crippen molar-refractivity contribution in [3.8, 4) is 17.4 Å². The first kappa shape index (κ1) is 11.7. The lowest BCUT2D eigenvalue weighted by Crippen LogP contribution is -2.09. The first-order valence-electron chi connectivity index (χ1n) is 5.14. The molecule has 17 heavy (non-hydrogen) atoms. The summed E-state index contributed by atoms with van der Waals surface area (Å²) in [4.78, 5) is 16.1. The van der Waals surface area contributed by atoms with Crippen LogP contribution in [0.5, 0.6) is 6.01 Å². The predicted molar refractivity (Wildman–Crippen MR) is 63.8 cm³/mol. The van der Waals surface area contributed by atoms with Crippen molar-refractivity contribution in [1.29, 1.82) is 0 Å². The Kier molecular flexibility index (Phi) is 3.49. The Morgan fingerprint density at radius 1 is 1.12 bits per heavy atom. The molecule has 0 amide bonds. The van der Waals surface area contributed by atoms with Crippen LogP contribution in [0.2, 0.25) is 5.28 Å². The highest BCUT2D eigenvalue weighted by atomic mass is 35.5. The maximum Gasteiger partial charge on any atom is 0.321 e. The third kappa shape index (κ3) is 3.10. The van der Waals surface area contributed by atoms with E-state index in [0.29, 0.717) is 5.82 Å². The molecule has 2 rings (SSSR count). The molecule has 0 bridgehead atoms. The Balaban J connectivity index is 2.38. The second kappa shape index (κ2) is 5.05. The summed E-state index contributed by atoms with van der Waals surface area (Å²) in [7, 11) is 0. The molecule has 2 aromatic rings. The number of ether oxygens (including phenoxy) is 1. The molecule has 0 fully saturated rings. The van der Waals surface area contributed by atoms with Gasteiger partial charge in [0.25, 0.3) is 0 Å². The average molecular weight is 251 g/mol. The lowest BCUT2D eigenvalue weighted by atomic mass is 10.2. The lowest BCUT2D eigenvalue weighted by molar-refractivity contribution is 0.222.